The van der Waals surface area contributed by atoms with Crippen LogP contribution >= 0.6 is 39.3 Å². The fraction of sp³-hybridized carbons (Fsp3) is 0. The minimum absolute atomic E-state index is 0.297. The van der Waals surface area contributed by atoms with Crippen molar-refractivity contribution in [2.24, 2.45) is 0 Å². The smallest absolute Gasteiger partial charge is 0.324 e. The van der Waals surface area contributed by atoms with Gasteiger partial charge >= 0.3 is 5.69 Å². The quantitative estimate of drug-likeness (QED) is 0.626. The van der Waals surface area contributed by atoms with Crippen LogP contribution in [0.4, 0.5) is 5.69 Å². The molecule has 0 amide bonds. The molecule has 2 rings (SSSR count). The zero-order valence-electron chi connectivity index (χ0n) is 9.34. The standard InChI is InChI=1S/C12H7BrClNO3S/c13-8-6-7(14)4-5-10(8)19-11-3-1-2-9(16)12(11)15(17)18/h1-6,16H. The lowest BCUT2D eigenvalue weighted by Crippen LogP contribution is -1.91. The van der Waals surface area contributed by atoms with Crippen molar-refractivity contribution in [3.63, 3.8) is 0 Å². The maximum atomic E-state index is 11.0. The van der Waals surface area contributed by atoms with Crippen LogP contribution in [0, 0.1) is 10.1 Å². The third kappa shape index (κ3) is 3.20. The van der Waals surface area contributed by atoms with Gasteiger partial charge in [0.05, 0.1) is 9.82 Å². The van der Waals surface area contributed by atoms with Crippen molar-refractivity contribution in [2.45, 2.75) is 9.79 Å². The van der Waals surface area contributed by atoms with E-state index in [1.54, 1.807) is 30.3 Å². The number of nitro groups is 1. The Morgan fingerprint density at radius 1 is 1.26 bits per heavy atom. The molecule has 98 valence electrons. The van der Waals surface area contributed by atoms with Gasteiger partial charge < -0.3 is 5.11 Å². The molecule has 0 heterocycles. The van der Waals surface area contributed by atoms with Gasteiger partial charge in [0.1, 0.15) is 0 Å². The number of nitro benzene ring substituents is 1. The number of para-hydroxylation sites is 1. The second kappa shape index (κ2) is 5.81. The lowest BCUT2D eigenvalue weighted by atomic mass is 10.3. The van der Waals surface area contributed by atoms with Gasteiger partial charge in [0.25, 0.3) is 0 Å². The summed E-state index contributed by atoms with van der Waals surface area (Å²) in [6.45, 7) is 0. The van der Waals surface area contributed by atoms with Crippen LogP contribution in [-0.4, -0.2) is 10.0 Å². The largest absolute Gasteiger partial charge is 0.502 e. The maximum absolute atomic E-state index is 11.0. The lowest BCUT2D eigenvalue weighted by molar-refractivity contribution is -0.388. The van der Waals surface area contributed by atoms with Crippen LogP contribution in [0.25, 0.3) is 0 Å². The van der Waals surface area contributed by atoms with E-state index in [1.165, 1.54) is 17.8 Å². The number of rotatable bonds is 3. The molecule has 0 atom stereocenters. The number of benzene rings is 2. The van der Waals surface area contributed by atoms with E-state index in [1.807, 2.05) is 0 Å². The predicted molar refractivity (Wildman–Crippen MR) is 78.0 cm³/mol. The highest BCUT2D eigenvalue weighted by Gasteiger charge is 2.20. The summed E-state index contributed by atoms with van der Waals surface area (Å²) in [6.07, 6.45) is 0. The second-order valence-electron chi connectivity index (χ2n) is 3.56. The minimum atomic E-state index is -0.596. The van der Waals surface area contributed by atoms with E-state index >= 15 is 0 Å². The Morgan fingerprint density at radius 3 is 2.63 bits per heavy atom. The first kappa shape index (κ1) is 14.2. The van der Waals surface area contributed by atoms with Gasteiger partial charge in [-0.15, -0.1) is 0 Å². The average molecular weight is 361 g/mol. The summed E-state index contributed by atoms with van der Waals surface area (Å²) in [4.78, 5) is 11.5. The van der Waals surface area contributed by atoms with E-state index in [4.69, 9.17) is 11.6 Å². The Bertz CT molecular complexity index is 651. The Hall–Kier alpha value is -1.24. The highest BCUT2D eigenvalue weighted by molar-refractivity contribution is 9.10. The molecule has 0 aliphatic carbocycles. The summed E-state index contributed by atoms with van der Waals surface area (Å²) in [6, 6.07) is 9.60. The zero-order chi connectivity index (χ0) is 14.0. The van der Waals surface area contributed by atoms with Crippen LogP contribution in [0.5, 0.6) is 5.75 Å². The van der Waals surface area contributed by atoms with Crippen LogP contribution in [-0.2, 0) is 0 Å². The van der Waals surface area contributed by atoms with Gasteiger partial charge in [0.15, 0.2) is 5.75 Å². The van der Waals surface area contributed by atoms with E-state index in [-0.39, 0.29) is 11.4 Å². The second-order valence-corrected chi connectivity index (χ2v) is 5.93. The zero-order valence-corrected chi connectivity index (χ0v) is 12.5. The normalized spacial score (nSPS) is 10.4. The van der Waals surface area contributed by atoms with Gasteiger partial charge in [-0.1, -0.05) is 29.4 Å². The Labute approximate surface area is 126 Å². The van der Waals surface area contributed by atoms with Gasteiger partial charge in [0.2, 0.25) is 0 Å². The van der Waals surface area contributed by atoms with Crippen molar-refractivity contribution < 1.29 is 10.0 Å². The van der Waals surface area contributed by atoms with Gasteiger partial charge in [-0.3, -0.25) is 10.1 Å². The molecule has 0 bridgehead atoms. The van der Waals surface area contributed by atoms with Gasteiger partial charge in [0, 0.05) is 14.4 Å². The number of phenols is 1. The molecular formula is C12H7BrClNO3S. The Balaban J connectivity index is 2.44. The molecule has 2 aromatic rings. The molecule has 2 aromatic carbocycles. The molecule has 0 aliphatic rings. The van der Waals surface area contributed by atoms with Gasteiger partial charge in [-0.2, -0.15) is 0 Å². The summed E-state index contributed by atoms with van der Waals surface area (Å²) in [5.41, 5.74) is -0.297. The average Bonchev–Trinajstić information content (AvgIpc) is 2.32. The van der Waals surface area contributed by atoms with Crippen molar-refractivity contribution in [1.29, 1.82) is 0 Å². The number of phenolic OH excluding ortho intramolecular Hbond substituents is 1. The molecule has 4 nitrogen and oxygen atoms in total. The van der Waals surface area contributed by atoms with E-state index in [0.717, 1.165) is 9.37 Å². The maximum Gasteiger partial charge on any atom is 0.324 e. The van der Waals surface area contributed by atoms with Crippen molar-refractivity contribution in [1.82, 2.24) is 0 Å². The summed E-state index contributed by atoms with van der Waals surface area (Å²) in [5, 5.41) is 21.1. The van der Waals surface area contributed by atoms with E-state index in [2.05, 4.69) is 15.9 Å². The van der Waals surface area contributed by atoms with Crippen molar-refractivity contribution in [3.8, 4) is 5.75 Å². The topological polar surface area (TPSA) is 63.4 Å². The molecule has 0 fully saturated rings. The predicted octanol–water partition coefficient (Wildman–Crippen LogP) is 4.87. The van der Waals surface area contributed by atoms with E-state index < -0.39 is 4.92 Å². The third-order valence-electron chi connectivity index (χ3n) is 2.27. The van der Waals surface area contributed by atoms with Crippen molar-refractivity contribution in [2.75, 3.05) is 0 Å². The van der Waals surface area contributed by atoms with Gasteiger partial charge in [-0.25, -0.2) is 0 Å². The number of hydrogen-bond donors (Lipinski definition) is 1. The molecule has 0 spiro atoms. The van der Waals surface area contributed by atoms with Crippen LogP contribution in [0.15, 0.2) is 50.7 Å². The molecule has 0 aliphatic heterocycles. The van der Waals surface area contributed by atoms with Crippen molar-refractivity contribution >= 4 is 45.0 Å². The molecule has 19 heavy (non-hydrogen) atoms. The van der Waals surface area contributed by atoms with Crippen LogP contribution in [0.2, 0.25) is 5.02 Å². The Morgan fingerprint density at radius 2 is 2.00 bits per heavy atom. The first-order chi connectivity index (χ1) is 8.99. The minimum Gasteiger partial charge on any atom is -0.502 e. The Kier molecular flexibility index (Phi) is 4.34. The number of halogens is 2. The molecule has 1 N–H and O–H groups in total. The number of aromatic hydroxyl groups is 1. The highest BCUT2D eigenvalue weighted by Crippen LogP contribution is 2.42. The summed E-state index contributed by atoms with van der Waals surface area (Å²) in [5.74, 6) is -0.347. The molecule has 0 saturated heterocycles. The molecule has 0 radical (unpaired) electrons. The monoisotopic (exact) mass is 359 g/mol. The fourth-order valence-corrected chi connectivity index (χ4v) is 3.33. The number of hydrogen-bond acceptors (Lipinski definition) is 4. The van der Waals surface area contributed by atoms with E-state index in [0.29, 0.717) is 9.92 Å². The summed E-state index contributed by atoms with van der Waals surface area (Å²) < 4.78 is 0.739. The van der Waals surface area contributed by atoms with E-state index in [9.17, 15) is 15.2 Å². The molecule has 0 aromatic heterocycles. The SMILES string of the molecule is O=[N+]([O-])c1c(O)cccc1Sc1ccc(Cl)cc1Br. The van der Waals surface area contributed by atoms with Crippen LogP contribution in [0.3, 0.4) is 0 Å². The third-order valence-corrected chi connectivity index (χ3v) is 4.55. The molecule has 0 saturated carbocycles. The van der Waals surface area contributed by atoms with Crippen molar-refractivity contribution in [3.05, 3.63) is 56.0 Å². The fourth-order valence-electron chi connectivity index (χ4n) is 1.45. The molecule has 0 unspecified atom stereocenters. The first-order valence-electron chi connectivity index (χ1n) is 5.08. The molecule has 7 heteroatoms. The highest BCUT2D eigenvalue weighted by atomic mass is 79.9. The summed E-state index contributed by atoms with van der Waals surface area (Å²) in [7, 11) is 0. The first-order valence-corrected chi connectivity index (χ1v) is 7.07. The van der Waals surface area contributed by atoms with Crippen LogP contribution in [0.1, 0.15) is 0 Å². The number of nitrogens with zero attached hydrogens (tertiary/aromatic N) is 1. The van der Waals surface area contributed by atoms with Gasteiger partial charge in [-0.05, 0) is 46.3 Å². The summed E-state index contributed by atoms with van der Waals surface area (Å²) >= 11 is 10.4. The lowest BCUT2D eigenvalue weighted by Gasteiger charge is -2.06. The van der Waals surface area contributed by atoms with Crippen LogP contribution < -0.4 is 0 Å². The molecular weight excluding hydrogens is 354 g/mol.